The third-order valence-corrected chi connectivity index (χ3v) is 2.54. The molecule has 3 nitrogen and oxygen atoms in total. The molecule has 0 unspecified atom stereocenters. The summed E-state index contributed by atoms with van der Waals surface area (Å²) in [4.78, 5) is 13.7. The zero-order valence-electron chi connectivity index (χ0n) is 9.38. The minimum absolute atomic E-state index is 0.186. The van der Waals surface area contributed by atoms with E-state index < -0.39 is 0 Å². The Morgan fingerprint density at radius 1 is 1.29 bits per heavy atom. The monoisotopic (exact) mass is 198 g/mol. The molecular formula is C11H22N2O. The van der Waals surface area contributed by atoms with Crippen molar-refractivity contribution in [3.05, 3.63) is 0 Å². The second-order valence-electron chi connectivity index (χ2n) is 4.53. The fraction of sp³-hybridized carbons (Fsp3) is 0.909. The van der Waals surface area contributed by atoms with Gasteiger partial charge < -0.3 is 5.32 Å². The van der Waals surface area contributed by atoms with Gasteiger partial charge in [0.25, 0.3) is 0 Å². The Kier molecular flexibility index (Phi) is 4.94. The summed E-state index contributed by atoms with van der Waals surface area (Å²) >= 11 is 0. The molecule has 0 aromatic carbocycles. The highest BCUT2D eigenvalue weighted by atomic mass is 16.1. The van der Waals surface area contributed by atoms with Crippen molar-refractivity contribution in [3.63, 3.8) is 0 Å². The van der Waals surface area contributed by atoms with Crippen LogP contribution < -0.4 is 5.32 Å². The van der Waals surface area contributed by atoms with Crippen LogP contribution in [0.15, 0.2) is 0 Å². The number of hydrogen-bond acceptors (Lipinski definition) is 2. The highest BCUT2D eigenvalue weighted by molar-refractivity contribution is 5.75. The van der Waals surface area contributed by atoms with Crippen LogP contribution in [0.5, 0.6) is 0 Å². The van der Waals surface area contributed by atoms with Gasteiger partial charge in [-0.25, -0.2) is 0 Å². The lowest BCUT2D eigenvalue weighted by Gasteiger charge is -2.26. The normalized spacial score (nSPS) is 18.5. The number of amides is 1. The zero-order chi connectivity index (χ0) is 10.4. The minimum Gasteiger partial charge on any atom is -0.343 e. The van der Waals surface area contributed by atoms with E-state index in [9.17, 15) is 4.79 Å². The van der Waals surface area contributed by atoms with Crippen LogP contribution in [0.25, 0.3) is 0 Å². The molecule has 1 aliphatic heterocycles. The zero-order valence-corrected chi connectivity index (χ0v) is 9.38. The molecule has 0 atom stereocenters. The van der Waals surface area contributed by atoms with Gasteiger partial charge in [0.1, 0.15) is 0 Å². The van der Waals surface area contributed by atoms with Gasteiger partial charge in [0, 0.05) is 6.42 Å². The van der Waals surface area contributed by atoms with E-state index in [4.69, 9.17) is 0 Å². The lowest BCUT2D eigenvalue weighted by Crippen LogP contribution is -2.40. The highest BCUT2D eigenvalue weighted by Crippen LogP contribution is 2.07. The summed E-state index contributed by atoms with van der Waals surface area (Å²) in [6.45, 7) is 7.16. The van der Waals surface area contributed by atoms with Gasteiger partial charge in [-0.2, -0.15) is 0 Å². The van der Waals surface area contributed by atoms with Crippen molar-refractivity contribution in [2.75, 3.05) is 19.8 Å². The number of carbonyl (C=O) groups excluding carboxylic acids is 1. The van der Waals surface area contributed by atoms with Gasteiger partial charge in [0.2, 0.25) is 5.91 Å². The molecular weight excluding hydrogens is 176 g/mol. The molecule has 0 spiro atoms. The predicted molar refractivity (Wildman–Crippen MR) is 57.9 cm³/mol. The quantitative estimate of drug-likeness (QED) is 0.744. The Hall–Kier alpha value is -0.570. The number of rotatable bonds is 4. The van der Waals surface area contributed by atoms with Crippen LogP contribution >= 0.6 is 0 Å². The number of carbonyl (C=O) groups is 1. The SMILES string of the molecule is CC(C)CC(=O)NCN1CCCCC1. The van der Waals surface area contributed by atoms with E-state index in [2.05, 4.69) is 24.1 Å². The first-order valence-electron chi connectivity index (χ1n) is 5.67. The lowest BCUT2D eigenvalue weighted by molar-refractivity contribution is -0.122. The van der Waals surface area contributed by atoms with Gasteiger partial charge in [0.05, 0.1) is 6.67 Å². The van der Waals surface area contributed by atoms with E-state index in [1.165, 1.54) is 19.3 Å². The number of piperidine rings is 1. The van der Waals surface area contributed by atoms with E-state index in [0.717, 1.165) is 19.8 Å². The molecule has 3 heteroatoms. The fourth-order valence-electron chi connectivity index (χ4n) is 1.76. The standard InChI is InChI=1S/C11H22N2O/c1-10(2)8-11(14)12-9-13-6-4-3-5-7-13/h10H,3-9H2,1-2H3,(H,12,14). The molecule has 0 aliphatic carbocycles. The number of likely N-dealkylation sites (tertiary alicyclic amines) is 1. The predicted octanol–water partition coefficient (Wildman–Crippen LogP) is 1.59. The largest absolute Gasteiger partial charge is 0.343 e. The number of nitrogens with zero attached hydrogens (tertiary/aromatic N) is 1. The van der Waals surface area contributed by atoms with Crippen molar-refractivity contribution in [1.82, 2.24) is 10.2 Å². The van der Waals surface area contributed by atoms with Crippen molar-refractivity contribution in [2.45, 2.75) is 39.5 Å². The van der Waals surface area contributed by atoms with Crippen LogP contribution in [-0.4, -0.2) is 30.6 Å². The Bertz CT molecular complexity index is 174. The molecule has 1 amide bonds. The molecule has 1 saturated heterocycles. The average molecular weight is 198 g/mol. The second-order valence-corrected chi connectivity index (χ2v) is 4.53. The van der Waals surface area contributed by atoms with Crippen LogP contribution in [-0.2, 0) is 4.79 Å². The van der Waals surface area contributed by atoms with Crippen LogP contribution in [0.1, 0.15) is 39.5 Å². The van der Waals surface area contributed by atoms with E-state index in [1.54, 1.807) is 0 Å². The first kappa shape index (κ1) is 11.5. The molecule has 1 rings (SSSR count). The van der Waals surface area contributed by atoms with E-state index in [0.29, 0.717) is 12.3 Å². The molecule has 1 heterocycles. The lowest BCUT2D eigenvalue weighted by atomic mass is 10.1. The summed E-state index contributed by atoms with van der Waals surface area (Å²) in [5, 5.41) is 2.97. The Morgan fingerprint density at radius 2 is 1.93 bits per heavy atom. The summed E-state index contributed by atoms with van der Waals surface area (Å²) in [6, 6.07) is 0. The Labute approximate surface area is 86.9 Å². The molecule has 0 bridgehead atoms. The summed E-state index contributed by atoms with van der Waals surface area (Å²) in [5.74, 6) is 0.641. The van der Waals surface area contributed by atoms with Crippen LogP contribution in [0, 0.1) is 5.92 Å². The number of hydrogen-bond donors (Lipinski definition) is 1. The maximum Gasteiger partial charge on any atom is 0.221 e. The first-order chi connectivity index (χ1) is 6.68. The Morgan fingerprint density at radius 3 is 2.50 bits per heavy atom. The smallest absolute Gasteiger partial charge is 0.221 e. The molecule has 0 aromatic rings. The van der Waals surface area contributed by atoms with Crippen LogP contribution in [0.4, 0.5) is 0 Å². The molecule has 1 N–H and O–H groups in total. The van der Waals surface area contributed by atoms with Gasteiger partial charge in [-0.15, -0.1) is 0 Å². The summed E-state index contributed by atoms with van der Waals surface area (Å²) in [5.41, 5.74) is 0. The Balaban J connectivity index is 2.09. The summed E-state index contributed by atoms with van der Waals surface area (Å²) in [7, 11) is 0. The first-order valence-corrected chi connectivity index (χ1v) is 5.67. The third-order valence-electron chi connectivity index (χ3n) is 2.54. The topological polar surface area (TPSA) is 32.3 Å². The van der Waals surface area contributed by atoms with Gasteiger partial charge in [0.15, 0.2) is 0 Å². The van der Waals surface area contributed by atoms with Crippen molar-refractivity contribution in [1.29, 1.82) is 0 Å². The van der Waals surface area contributed by atoms with Crippen molar-refractivity contribution in [2.24, 2.45) is 5.92 Å². The fourth-order valence-corrected chi connectivity index (χ4v) is 1.76. The maximum absolute atomic E-state index is 11.4. The van der Waals surface area contributed by atoms with Crippen molar-refractivity contribution in [3.8, 4) is 0 Å². The van der Waals surface area contributed by atoms with Gasteiger partial charge in [-0.3, -0.25) is 9.69 Å². The summed E-state index contributed by atoms with van der Waals surface area (Å²) < 4.78 is 0. The van der Waals surface area contributed by atoms with Gasteiger partial charge in [-0.05, 0) is 31.8 Å². The molecule has 0 radical (unpaired) electrons. The molecule has 1 fully saturated rings. The minimum atomic E-state index is 0.186. The molecule has 1 aliphatic rings. The maximum atomic E-state index is 11.4. The highest BCUT2D eigenvalue weighted by Gasteiger charge is 2.11. The molecule has 14 heavy (non-hydrogen) atoms. The second kappa shape index (κ2) is 6.02. The molecule has 0 aromatic heterocycles. The van der Waals surface area contributed by atoms with E-state index in [-0.39, 0.29) is 5.91 Å². The van der Waals surface area contributed by atoms with E-state index >= 15 is 0 Å². The molecule has 0 saturated carbocycles. The van der Waals surface area contributed by atoms with Gasteiger partial charge >= 0.3 is 0 Å². The van der Waals surface area contributed by atoms with E-state index in [1.807, 2.05) is 0 Å². The average Bonchev–Trinajstić information content (AvgIpc) is 2.15. The van der Waals surface area contributed by atoms with Crippen molar-refractivity contribution >= 4 is 5.91 Å². The molecule has 82 valence electrons. The summed E-state index contributed by atoms with van der Waals surface area (Å²) in [6.07, 6.45) is 4.55. The van der Waals surface area contributed by atoms with Gasteiger partial charge in [-0.1, -0.05) is 20.3 Å². The van der Waals surface area contributed by atoms with Crippen LogP contribution in [0.2, 0.25) is 0 Å². The van der Waals surface area contributed by atoms with Crippen molar-refractivity contribution < 1.29 is 4.79 Å². The van der Waals surface area contributed by atoms with Crippen LogP contribution in [0.3, 0.4) is 0 Å². The third kappa shape index (κ3) is 4.61. The number of nitrogens with one attached hydrogen (secondary N) is 1.